The molecule has 4 aliphatic rings. The maximum absolute atomic E-state index is 13.1. The molecular weight excluding hydrogens is 427 g/mol. The number of nitrogens with two attached hydrogens (primary N) is 1. The zero-order chi connectivity index (χ0) is 19.7. The summed E-state index contributed by atoms with van der Waals surface area (Å²) in [6, 6.07) is 0.184. The van der Waals surface area contributed by atoms with Gasteiger partial charge < -0.3 is 20.3 Å². The molecule has 7 nitrogen and oxygen atoms in total. The summed E-state index contributed by atoms with van der Waals surface area (Å²) in [6.45, 7) is 7.67. The number of halogens is 2. The molecule has 2 aliphatic heterocycles. The fraction of sp³-hybridized carbons (Fsp3) is 0.905. The molecule has 0 aromatic carbocycles. The molecule has 2 N–H and O–H groups in total. The quantitative estimate of drug-likeness (QED) is 0.682. The van der Waals surface area contributed by atoms with Crippen LogP contribution in [0.4, 0.5) is 0 Å². The first-order valence-corrected chi connectivity index (χ1v) is 11.2. The number of fused-ring (bicyclic) bond motifs is 2. The average Bonchev–Trinajstić information content (AvgIpc) is 2.73. The summed E-state index contributed by atoms with van der Waals surface area (Å²) in [6.07, 6.45) is 5.61. The molecule has 0 aromatic rings. The number of hydrogen-bond acceptors (Lipinski definition) is 5. The standard InChI is InChI=1S/C21H36N4O3.2ClH/c1-15(20(26)25-9-11-28-12-10-25)23-5-7-24(8-6-23)21(27)18-13-16-3-2-4-17(14-18)19(16)22;;/h15-19H,2-14,22H2,1H3;2*1H. The average molecular weight is 465 g/mol. The van der Waals surface area contributed by atoms with Crippen LogP contribution in [0.3, 0.4) is 0 Å². The van der Waals surface area contributed by atoms with E-state index >= 15 is 0 Å². The second-order valence-corrected chi connectivity index (χ2v) is 9.17. The first kappa shape index (κ1) is 25.7. The van der Waals surface area contributed by atoms with Crippen molar-refractivity contribution < 1.29 is 14.3 Å². The number of hydrogen-bond donors (Lipinski definition) is 1. The van der Waals surface area contributed by atoms with Gasteiger partial charge in [-0.3, -0.25) is 14.5 Å². The van der Waals surface area contributed by atoms with Gasteiger partial charge in [-0.15, -0.1) is 24.8 Å². The molecule has 3 atom stereocenters. The Morgan fingerprint density at radius 3 is 2.03 bits per heavy atom. The number of piperazine rings is 1. The Morgan fingerprint density at radius 2 is 1.47 bits per heavy atom. The monoisotopic (exact) mass is 464 g/mol. The van der Waals surface area contributed by atoms with Crippen molar-refractivity contribution in [1.29, 1.82) is 0 Å². The molecular formula is C21H38Cl2N4O3. The van der Waals surface area contributed by atoms with E-state index in [1.165, 1.54) is 19.3 Å². The SMILES string of the molecule is CC(C(=O)N1CCOCC1)N1CCN(C(=O)C2CC3CCCC(C2)C3N)CC1.Cl.Cl. The first-order chi connectivity index (χ1) is 13.5. The van der Waals surface area contributed by atoms with Crippen LogP contribution < -0.4 is 5.73 Å². The highest BCUT2D eigenvalue weighted by Gasteiger charge is 2.42. The molecule has 0 aromatic heterocycles. The van der Waals surface area contributed by atoms with E-state index in [2.05, 4.69) is 4.90 Å². The van der Waals surface area contributed by atoms with Crippen molar-refractivity contribution in [3.05, 3.63) is 0 Å². The summed E-state index contributed by atoms with van der Waals surface area (Å²) >= 11 is 0. The smallest absolute Gasteiger partial charge is 0.239 e. The van der Waals surface area contributed by atoms with Crippen molar-refractivity contribution in [3.8, 4) is 0 Å². The van der Waals surface area contributed by atoms with Crippen molar-refractivity contribution in [3.63, 3.8) is 0 Å². The normalized spacial score (nSPS) is 33.1. The van der Waals surface area contributed by atoms with E-state index in [1.54, 1.807) is 0 Å². The van der Waals surface area contributed by atoms with Crippen LogP contribution in [0.15, 0.2) is 0 Å². The van der Waals surface area contributed by atoms with Gasteiger partial charge in [-0.25, -0.2) is 0 Å². The predicted molar refractivity (Wildman–Crippen MR) is 121 cm³/mol. The van der Waals surface area contributed by atoms with Crippen LogP contribution in [-0.4, -0.2) is 91.1 Å². The number of nitrogens with zero attached hydrogens (tertiary/aromatic N) is 3. The van der Waals surface area contributed by atoms with E-state index in [4.69, 9.17) is 10.5 Å². The Kier molecular flexibility index (Phi) is 9.68. The van der Waals surface area contributed by atoms with Crippen LogP contribution in [0.25, 0.3) is 0 Å². The summed E-state index contributed by atoms with van der Waals surface area (Å²) < 4.78 is 5.35. The van der Waals surface area contributed by atoms with Crippen LogP contribution in [0.1, 0.15) is 39.0 Å². The Morgan fingerprint density at radius 1 is 0.900 bits per heavy atom. The lowest BCUT2D eigenvalue weighted by Crippen LogP contribution is -2.58. The van der Waals surface area contributed by atoms with Crippen LogP contribution in [0.2, 0.25) is 0 Å². The summed E-state index contributed by atoms with van der Waals surface area (Å²) in [5, 5.41) is 0. The Hall–Kier alpha value is -0.600. The molecule has 4 rings (SSSR count). The van der Waals surface area contributed by atoms with E-state index in [1.807, 2.05) is 16.7 Å². The number of rotatable bonds is 3. The van der Waals surface area contributed by atoms with E-state index in [0.717, 1.165) is 39.0 Å². The molecule has 2 amide bonds. The van der Waals surface area contributed by atoms with Gasteiger partial charge in [0, 0.05) is 51.2 Å². The van der Waals surface area contributed by atoms with Crippen molar-refractivity contribution in [2.24, 2.45) is 23.5 Å². The number of morpholine rings is 1. The number of carbonyl (C=O) groups excluding carboxylic acids is 2. The minimum atomic E-state index is -0.123. The molecule has 2 heterocycles. The van der Waals surface area contributed by atoms with Gasteiger partial charge in [-0.05, 0) is 44.4 Å². The predicted octanol–water partition coefficient (Wildman–Crippen LogP) is 1.38. The molecule has 0 spiro atoms. The highest BCUT2D eigenvalue weighted by Crippen LogP contribution is 2.42. The fourth-order valence-corrected chi connectivity index (χ4v) is 5.78. The third-order valence-corrected chi connectivity index (χ3v) is 7.62. The maximum atomic E-state index is 13.1. The number of ether oxygens (including phenoxy) is 1. The first-order valence-electron chi connectivity index (χ1n) is 11.2. The van der Waals surface area contributed by atoms with Crippen molar-refractivity contribution in [1.82, 2.24) is 14.7 Å². The van der Waals surface area contributed by atoms with Gasteiger partial charge in [0.2, 0.25) is 11.8 Å². The molecule has 2 aliphatic carbocycles. The summed E-state index contributed by atoms with van der Waals surface area (Å²) in [4.78, 5) is 32.0. The van der Waals surface area contributed by atoms with Crippen LogP contribution in [0.5, 0.6) is 0 Å². The van der Waals surface area contributed by atoms with Gasteiger partial charge in [0.1, 0.15) is 0 Å². The third-order valence-electron chi connectivity index (χ3n) is 7.62. The van der Waals surface area contributed by atoms with Gasteiger partial charge in [-0.2, -0.15) is 0 Å². The molecule has 2 bridgehead atoms. The van der Waals surface area contributed by atoms with Gasteiger partial charge >= 0.3 is 0 Å². The van der Waals surface area contributed by atoms with Gasteiger partial charge in [0.15, 0.2) is 0 Å². The van der Waals surface area contributed by atoms with Crippen LogP contribution in [0, 0.1) is 17.8 Å². The van der Waals surface area contributed by atoms with Crippen molar-refractivity contribution >= 4 is 36.6 Å². The zero-order valence-electron chi connectivity index (χ0n) is 18.0. The highest BCUT2D eigenvalue weighted by molar-refractivity contribution is 5.85. The summed E-state index contributed by atoms with van der Waals surface area (Å²) in [5.74, 6) is 1.75. The van der Waals surface area contributed by atoms with E-state index in [-0.39, 0.29) is 42.7 Å². The van der Waals surface area contributed by atoms with E-state index < -0.39 is 0 Å². The molecule has 0 radical (unpaired) electrons. The van der Waals surface area contributed by atoms with Gasteiger partial charge in [-0.1, -0.05) is 6.42 Å². The fourth-order valence-electron chi connectivity index (χ4n) is 5.78. The molecule has 2 saturated carbocycles. The van der Waals surface area contributed by atoms with Gasteiger partial charge in [0.25, 0.3) is 0 Å². The molecule has 30 heavy (non-hydrogen) atoms. The number of amides is 2. The highest BCUT2D eigenvalue weighted by atomic mass is 35.5. The largest absolute Gasteiger partial charge is 0.378 e. The van der Waals surface area contributed by atoms with Crippen molar-refractivity contribution in [2.75, 3.05) is 52.5 Å². The molecule has 174 valence electrons. The topological polar surface area (TPSA) is 79.1 Å². The summed E-state index contributed by atoms with van der Waals surface area (Å²) in [7, 11) is 0. The Bertz CT molecular complexity index is 569. The lowest BCUT2D eigenvalue weighted by atomic mass is 9.65. The lowest BCUT2D eigenvalue weighted by molar-refractivity contribution is -0.144. The molecule has 9 heteroatoms. The lowest BCUT2D eigenvalue weighted by Gasteiger charge is -2.45. The second kappa shape index (κ2) is 11.3. The van der Waals surface area contributed by atoms with E-state index in [0.29, 0.717) is 50.1 Å². The van der Waals surface area contributed by atoms with Crippen LogP contribution in [-0.2, 0) is 14.3 Å². The maximum Gasteiger partial charge on any atom is 0.239 e. The number of carbonyl (C=O) groups is 2. The molecule has 3 unspecified atom stereocenters. The molecule has 4 fully saturated rings. The van der Waals surface area contributed by atoms with E-state index in [9.17, 15) is 9.59 Å². The third kappa shape index (κ3) is 5.41. The zero-order valence-corrected chi connectivity index (χ0v) is 19.7. The van der Waals surface area contributed by atoms with Crippen molar-refractivity contribution in [2.45, 2.75) is 51.1 Å². The minimum Gasteiger partial charge on any atom is -0.378 e. The second-order valence-electron chi connectivity index (χ2n) is 9.17. The summed E-state index contributed by atoms with van der Waals surface area (Å²) in [5.41, 5.74) is 6.39. The molecule has 2 saturated heterocycles. The van der Waals surface area contributed by atoms with Crippen LogP contribution >= 0.6 is 24.8 Å². The minimum absolute atomic E-state index is 0. The Balaban J connectivity index is 0.00000160. The van der Waals surface area contributed by atoms with Gasteiger partial charge in [0.05, 0.1) is 19.3 Å². The Labute approximate surface area is 192 Å².